The average Bonchev–Trinajstić information content (AvgIpc) is 3.39. The zero-order chi connectivity index (χ0) is 21.4. The summed E-state index contributed by atoms with van der Waals surface area (Å²) in [6, 6.07) is 12.1. The third kappa shape index (κ3) is 3.72. The molecule has 0 saturated carbocycles. The lowest BCUT2D eigenvalue weighted by Crippen LogP contribution is -2.25. The molecule has 154 valence electrons. The molecule has 0 amide bonds. The van der Waals surface area contributed by atoms with E-state index in [0.717, 1.165) is 44.2 Å². The van der Waals surface area contributed by atoms with Gasteiger partial charge in [0.1, 0.15) is 5.65 Å². The van der Waals surface area contributed by atoms with E-state index in [-0.39, 0.29) is 0 Å². The predicted molar refractivity (Wildman–Crippen MR) is 122 cm³/mol. The molecule has 0 spiro atoms. The highest BCUT2D eigenvalue weighted by Crippen LogP contribution is 2.27. The molecular formula is C23H22N8. The van der Waals surface area contributed by atoms with Crippen LogP contribution >= 0.6 is 0 Å². The zero-order valence-electron chi connectivity index (χ0n) is 17.0. The number of nitrogens with one attached hydrogen (secondary N) is 1. The van der Waals surface area contributed by atoms with E-state index in [1.807, 2.05) is 56.1 Å². The third-order valence-corrected chi connectivity index (χ3v) is 5.22. The number of pyridine rings is 2. The number of hydrazine groups is 1. The molecule has 0 saturated heterocycles. The second kappa shape index (κ2) is 7.58. The lowest BCUT2D eigenvalue weighted by molar-refractivity contribution is 0.388. The van der Waals surface area contributed by atoms with Crippen LogP contribution in [0.15, 0.2) is 73.6 Å². The quantitative estimate of drug-likeness (QED) is 0.303. The Morgan fingerprint density at radius 3 is 2.90 bits per heavy atom. The molecular weight excluding hydrogens is 388 g/mol. The lowest BCUT2D eigenvalue weighted by atomic mass is 10.1. The maximum Gasteiger partial charge on any atom is 0.137 e. The lowest BCUT2D eigenvalue weighted by Gasteiger charge is -2.15. The zero-order valence-corrected chi connectivity index (χ0v) is 17.0. The first-order valence-corrected chi connectivity index (χ1v) is 9.85. The van der Waals surface area contributed by atoms with Crippen LogP contribution in [0.25, 0.3) is 38.8 Å². The van der Waals surface area contributed by atoms with Crippen molar-refractivity contribution in [2.45, 2.75) is 6.54 Å². The Morgan fingerprint density at radius 2 is 2.06 bits per heavy atom. The van der Waals surface area contributed by atoms with Gasteiger partial charge in [0, 0.05) is 65.5 Å². The van der Waals surface area contributed by atoms with E-state index in [1.54, 1.807) is 22.1 Å². The molecule has 31 heavy (non-hydrogen) atoms. The van der Waals surface area contributed by atoms with Gasteiger partial charge in [-0.05, 0) is 29.8 Å². The van der Waals surface area contributed by atoms with Crippen molar-refractivity contribution in [2.75, 3.05) is 0 Å². The van der Waals surface area contributed by atoms with E-state index in [9.17, 15) is 0 Å². The number of benzene rings is 1. The first kappa shape index (κ1) is 18.8. The largest absolute Gasteiger partial charge is 0.397 e. The minimum absolute atomic E-state index is 0.521. The Kier molecular flexibility index (Phi) is 4.61. The minimum Gasteiger partial charge on any atom is -0.397 e. The number of fused-ring (bicyclic) bond motifs is 2. The van der Waals surface area contributed by atoms with Crippen molar-refractivity contribution < 1.29 is 0 Å². The standard InChI is InChI=1S/C23H22N8/c1-30-13-18(10-29-30)17-8-19-20(11-28-23(19)27-9-17)21(24)14-31(25)12-15-4-5-22-16(7-15)3-2-6-26-22/h2-11,13-14H,12,24-25H2,1H3,(H,27,28)/b21-14-. The van der Waals surface area contributed by atoms with Crippen molar-refractivity contribution in [3.05, 3.63) is 84.7 Å². The van der Waals surface area contributed by atoms with Crippen molar-refractivity contribution in [1.82, 2.24) is 29.7 Å². The fourth-order valence-corrected chi connectivity index (χ4v) is 3.70. The van der Waals surface area contributed by atoms with E-state index in [0.29, 0.717) is 12.2 Å². The number of nitrogens with two attached hydrogens (primary N) is 2. The summed E-state index contributed by atoms with van der Waals surface area (Å²) in [6.45, 7) is 0.521. The molecule has 8 nitrogen and oxygen atoms in total. The average molecular weight is 410 g/mol. The number of rotatable bonds is 5. The fourth-order valence-electron chi connectivity index (χ4n) is 3.70. The van der Waals surface area contributed by atoms with Crippen molar-refractivity contribution >= 4 is 27.6 Å². The molecule has 4 heterocycles. The summed E-state index contributed by atoms with van der Waals surface area (Å²) in [5.41, 5.74) is 12.6. The van der Waals surface area contributed by atoms with E-state index in [4.69, 9.17) is 11.6 Å². The number of aromatic nitrogens is 5. The monoisotopic (exact) mass is 410 g/mol. The molecule has 5 N–H and O–H groups in total. The molecule has 5 rings (SSSR count). The Morgan fingerprint density at radius 1 is 1.16 bits per heavy atom. The highest BCUT2D eigenvalue weighted by Gasteiger charge is 2.11. The van der Waals surface area contributed by atoms with Crippen LogP contribution in [-0.2, 0) is 13.6 Å². The summed E-state index contributed by atoms with van der Waals surface area (Å²) >= 11 is 0. The maximum absolute atomic E-state index is 6.41. The van der Waals surface area contributed by atoms with Gasteiger partial charge in [-0.3, -0.25) is 9.67 Å². The molecule has 0 aliphatic carbocycles. The molecule has 0 aliphatic heterocycles. The predicted octanol–water partition coefficient (Wildman–Crippen LogP) is 3.14. The van der Waals surface area contributed by atoms with Crippen molar-refractivity contribution in [3.63, 3.8) is 0 Å². The summed E-state index contributed by atoms with van der Waals surface area (Å²) in [6.07, 6.45) is 11.0. The van der Waals surface area contributed by atoms with Gasteiger partial charge in [-0.2, -0.15) is 5.10 Å². The molecule has 0 aliphatic rings. The molecule has 4 aromatic heterocycles. The smallest absolute Gasteiger partial charge is 0.137 e. The van der Waals surface area contributed by atoms with Crippen LogP contribution < -0.4 is 11.6 Å². The van der Waals surface area contributed by atoms with Crippen molar-refractivity contribution in [2.24, 2.45) is 18.6 Å². The van der Waals surface area contributed by atoms with E-state index >= 15 is 0 Å². The van der Waals surface area contributed by atoms with E-state index in [1.165, 1.54) is 0 Å². The normalized spacial score (nSPS) is 12.0. The van der Waals surface area contributed by atoms with Crippen LogP contribution in [0, 0.1) is 0 Å². The first-order chi connectivity index (χ1) is 15.1. The third-order valence-electron chi connectivity index (χ3n) is 5.22. The molecule has 0 fully saturated rings. The molecule has 0 atom stereocenters. The van der Waals surface area contributed by atoms with Gasteiger partial charge in [-0.15, -0.1) is 0 Å². The van der Waals surface area contributed by atoms with Gasteiger partial charge >= 0.3 is 0 Å². The second-order valence-electron chi connectivity index (χ2n) is 7.51. The Hall–Kier alpha value is -4.17. The van der Waals surface area contributed by atoms with Gasteiger partial charge in [-0.1, -0.05) is 12.1 Å². The second-order valence-corrected chi connectivity index (χ2v) is 7.51. The maximum atomic E-state index is 6.41. The summed E-state index contributed by atoms with van der Waals surface area (Å²) in [5, 5.41) is 7.83. The van der Waals surface area contributed by atoms with E-state index in [2.05, 4.69) is 32.2 Å². The van der Waals surface area contributed by atoms with Gasteiger partial charge in [0.25, 0.3) is 0 Å². The number of aryl methyl sites for hydroxylation is 1. The Balaban J connectivity index is 1.42. The van der Waals surface area contributed by atoms with E-state index < -0.39 is 0 Å². The van der Waals surface area contributed by atoms with Crippen LogP contribution in [-0.4, -0.2) is 29.7 Å². The van der Waals surface area contributed by atoms with Gasteiger partial charge in [0.05, 0.1) is 24.0 Å². The number of aromatic amines is 1. The number of hydrogen-bond donors (Lipinski definition) is 3. The Labute approximate surface area is 178 Å². The first-order valence-electron chi connectivity index (χ1n) is 9.85. The SMILES string of the molecule is Cn1cc(-c2cnc3[nH]cc(/C(N)=C/N(N)Cc4ccc5ncccc5c4)c3c2)cn1. The van der Waals surface area contributed by atoms with Crippen LogP contribution in [0.5, 0.6) is 0 Å². The van der Waals surface area contributed by atoms with Crippen molar-refractivity contribution in [3.8, 4) is 11.1 Å². The van der Waals surface area contributed by atoms with Gasteiger partial charge < -0.3 is 15.7 Å². The van der Waals surface area contributed by atoms with Gasteiger partial charge in [0.15, 0.2) is 0 Å². The van der Waals surface area contributed by atoms with Crippen LogP contribution in [0.3, 0.4) is 0 Å². The fraction of sp³-hybridized carbons (Fsp3) is 0.0870. The molecule has 0 bridgehead atoms. The number of hydrogen-bond acceptors (Lipinski definition) is 6. The van der Waals surface area contributed by atoms with Gasteiger partial charge in [0.2, 0.25) is 0 Å². The summed E-state index contributed by atoms with van der Waals surface area (Å²) in [5.74, 6) is 6.25. The molecule has 5 aromatic rings. The molecule has 1 aromatic carbocycles. The van der Waals surface area contributed by atoms with Crippen molar-refractivity contribution in [1.29, 1.82) is 0 Å². The minimum atomic E-state index is 0.521. The molecule has 0 unspecified atom stereocenters. The van der Waals surface area contributed by atoms with Crippen LogP contribution in [0.4, 0.5) is 0 Å². The Bertz CT molecular complexity index is 1410. The molecule has 8 heteroatoms. The number of nitrogens with zero attached hydrogens (tertiary/aromatic N) is 5. The summed E-state index contributed by atoms with van der Waals surface area (Å²) < 4.78 is 1.76. The number of H-pyrrole nitrogens is 1. The van der Waals surface area contributed by atoms with Crippen LogP contribution in [0.2, 0.25) is 0 Å². The highest BCUT2D eigenvalue weighted by molar-refractivity contribution is 5.92. The summed E-state index contributed by atoms with van der Waals surface area (Å²) in [4.78, 5) is 12.0. The summed E-state index contributed by atoms with van der Waals surface area (Å²) in [7, 11) is 1.89. The molecule has 0 radical (unpaired) electrons. The van der Waals surface area contributed by atoms with Gasteiger partial charge in [-0.25, -0.2) is 10.8 Å². The van der Waals surface area contributed by atoms with Crippen LogP contribution in [0.1, 0.15) is 11.1 Å². The topological polar surface area (TPSA) is 115 Å². The highest BCUT2D eigenvalue weighted by atomic mass is 15.4.